The molecule has 4 heteroatoms. The van der Waals surface area contributed by atoms with Gasteiger partial charge in [0.1, 0.15) is 6.04 Å². The number of carbonyl (C=O) groups is 1. The molecule has 0 amide bonds. The minimum atomic E-state index is -1.00. The lowest BCUT2D eigenvalue weighted by Gasteiger charge is -2.31. The second-order valence-electron chi connectivity index (χ2n) is 3.20. The van der Waals surface area contributed by atoms with Crippen molar-refractivity contribution < 1.29 is 9.90 Å². The molecule has 0 spiro atoms. The van der Waals surface area contributed by atoms with Crippen molar-refractivity contribution in [3.8, 4) is 0 Å². The largest absolute Gasteiger partial charge is 0.480 e. The fraction of sp³-hybridized carbons (Fsp3) is 0.857. The molecule has 0 fully saturated rings. The van der Waals surface area contributed by atoms with Gasteiger partial charge < -0.3 is 10.8 Å². The first kappa shape index (κ1) is 10.8. The molecule has 0 saturated carbocycles. The molecule has 0 radical (unpaired) electrons. The lowest BCUT2D eigenvalue weighted by Crippen LogP contribution is -2.50. The van der Waals surface area contributed by atoms with Crippen LogP contribution in [0.1, 0.15) is 20.8 Å². The molecule has 0 aliphatic rings. The van der Waals surface area contributed by atoms with Gasteiger partial charge in [-0.1, -0.05) is 13.8 Å². The van der Waals surface area contributed by atoms with Gasteiger partial charge in [-0.05, 0) is 12.8 Å². The van der Waals surface area contributed by atoms with E-state index < -0.39 is 16.8 Å². The molecule has 2 atom stereocenters. The summed E-state index contributed by atoms with van der Waals surface area (Å²) >= 11 is 4.21. The summed E-state index contributed by atoms with van der Waals surface area (Å²) in [6.07, 6.45) is 0. The average Bonchev–Trinajstić information content (AvgIpc) is 1.85. The molecule has 0 rings (SSSR count). The fourth-order valence-corrected chi connectivity index (χ4v) is 0.720. The average molecular weight is 177 g/mol. The van der Waals surface area contributed by atoms with Crippen molar-refractivity contribution >= 4 is 18.6 Å². The van der Waals surface area contributed by atoms with Crippen LogP contribution in [0.15, 0.2) is 0 Å². The van der Waals surface area contributed by atoms with Crippen molar-refractivity contribution in [2.45, 2.75) is 31.6 Å². The number of aliphatic carboxylic acids is 1. The maximum atomic E-state index is 10.5. The fourth-order valence-electron chi connectivity index (χ4n) is 0.609. The number of rotatable bonds is 3. The summed E-state index contributed by atoms with van der Waals surface area (Å²) < 4.78 is -0.647. The van der Waals surface area contributed by atoms with Crippen LogP contribution < -0.4 is 5.73 Å². The van der Waals surface area contributed by atoms with Crippen LogP contribution in [-0.4, -0.2) is 21.9 Å². The van der Waals surface area contributed by atoms with Crippen LogP contribution in [0.25, 0.3) is 0 Å². The Morgan fingerprint density at radius 2 is 2.00 bits per heavy atom. The van der Waals surface area contributed by atoms with Crippen LogP contribution in [0.4, 0.5) is 0 Å². The second-order valence-corrected chi connectivity index (χ2v) is 4.16. The third kappa shape index (κ3) is 2.38. The highest BCUT2D eigenvalue weighted by Crippen LogP contribution is 2.26. The lowest BCUT2D eigenvalue weighted by molar-refractivity contribution is -0.139. The maximum absolute atomic E-state index is 10.5. The smallest absolute Gasteiger partial charge is 0.321 e. The maximum Gasteiger partial charge on any atom is 0.321 e. The van der Waals surface area contributed by atoms with E-state index in [9.17, 15) is 4.79 Å². The first-order chi connectivity index (χ1) is 4.80. The van der Waals surface area contributed by atoms with Gasteiger partial charge in [0.15, 0.2) is 0 Å². The highest BCUT2D eigenvalue weighted by Gasteiger charge is 2.35. The van der Waals surface area contributed by atoms with Gasteiger partial charge in [-0.15, -0.1) is 0 Å². The van der Waals surface area contributed by atoms with E-state index in [-0.39, 0.29) is 5.92 Å². The number of thiol groups is 1. The summed E-state index contributed by atoms with van der Waals surface area (Å²) in [4.78, 5) is 10.5. The van der Waals surface area contributed by atoms with Gasteiger partial charge in [0.05, 0.1) is 0 Å². The van der Waals surface area contributed by atoms with Crippen molar-refractivity contribution in [3.05, 3.63) is 0 Å². The highest BCUT2D eigenvalue weighted by molar-refractivity contribution is 7.81. The Morgan fingerprint density at radius 3 is 2.09 bits per heavy atom. The van der Waals surface area contributed by atoms with Gasteiger partial charge in [-0.2, -0.15) is 12.6 Å². The summed E-state index contributed by atoms with van der Waals surface area (Å²) in [6.45, 7) is 5.53. The minimum absolute atomic E-state index is 0.136. The van der Waals surface area contributed by atoms with Crippen molar-refractivity contribution in [1.29, 1.82) is 0 Å². The molecule has 11 heavy (non-hydrogen) atoms. The van der Waals surface area contributed by atoms with Crippen LogP contribution in [0.3, 0.4) is 0 Å². The van der Waals surface area contributed by atoms with Crippen molar-refractivity contribution in [2.75, 3.05) is 0 Å². The molecule has 0 aromatic rings. The number of nitrogens with two attached hydrogens (primary N) is 1. The Morgan fingerprint density at radius 1 is 1.64 bits per heavy atom. The number of hydrogen-bond donors (Lipinski definition) is 3. The molecule has 0 aliphatic heterocycles. The van der Waals surface area contributed by atoms with Gasteiger partial charge in [-0.3, -0.25) is 4.79 Å². The van der Waals surface area contributed by atoms with Gasteiger partial charge >= 0.3 is 5.97 Å². The number of hydrogen-bond acceptors (Lipinski definition) is 3. The first-order valence-corrected chi connectivity index (χ1v) is 3.95. The molecule has 0 aromatic carbocycles. The lowest BCUT2D eigenvalue weighted by atomic mass is 9.90. The molecule has 0 aliphatic carbocycles. The highest BCUT2D eigenvalue weighted by atomic mass is 32.1. The number of carboxylic acids is 1. The Hall–Kier alpha value is -0.220. The van der Waals surface area contributed by atoms with E-state index in [1.807, 2.05) is 13.8 Å². The Balaban J connectivity index is 4.41. The third-order valence-corrected chi connectivity index (χ3v) is 2.86. The van der Waals surface area contributed by atoms with Gasteiger partial charge in [0.25, 0.3) is 0 Å². The van der Waals surface area contributed by atoms with Crippen LogP contribution >= 0.6 is 12.6 Å². The zero-order chi connectivity index (χ0) is 9.23. The van der Waals surface area contributed by atoms with Gasteiger partial charge in [0, 0.05) is 4.75 Å². The zero-order valence-corrected chi connectivity index (χ0v) is 7.93. The molecule has 2 unspecified atom stereocenters. The molecule has 0 bridgehead atoms. The predicted octanol–water partition coefficient (Wildman–Crippen LogP) is 0.743. The Bertz CT molecular complexity index is 157. The summed E-state index contributed by atoms with van der Waals surface area (Å²) in [7, 11) is 0. The summed E-state index contributed by atoms with van der Waals surface area (Å²) in [5, 5.41) is 8.59. The second kappa shape index (κ2) is 3.45. The van der Waals surface area contributed by atoms with Gasteiger partial charge in [0.2, 0.25) is 0 Å². The normalized spacial score (nSPS) is 19.5. The molecule has 0 heterocycles. The van der Waals surface area contributed by atoms with Crippen LogP contribution in [0, 0.1) is 5.92 Å². The summed E-state index contributed by atoms with van der Waals surface area (Å²) in [5.74, 6) is -0.867. The van der Waals surface area contributed by atoms with Crippen LogP contribution in [0.5, 0.6) is 0 Å². The predicted molar refractivity (Wildman–Crippen MR) is 47.8 cm³/mol. The van der Waals surface area contributed by atoms with Gasteiger partial charge in [-0.25, -0.2) is 0 Å². The van der Waals surface area contributed by atoms with E-state index in [0.717, 1.165) is 0 Å². The van der Waals surface area contributed by atoms with E-state index in [0.29, 0.717) is 0 Å². The Kier molecular flexibility index (Phi) is 3.38. The molecule has 0 saturated heterocycles. The third-order valence-electron chi connectivity index (χ3n) is 2.06. The van der Waals surface area contributed by atoms with E-state index in [2.05, 4.69) is 12.6 Å². The first-order valence-electron chi connectivity index (χ1n) is 3.51. The molecular formula is C7H15NO2S. The van der Waals surface area contributed by atoms with Crippen molar-refractivity contribution in [1.82, 2.24) is 0 Å². The van der Waals surface area contributed by atoms with Crippen molar-refractivity contribution in [3.63, 3.8) is 0 Å². The van der Waals surface area contributed by atoms with E-state index >= 15 is 0 Å². The van der Waals surface area contributed by atoms with Crippen LogP contribution in [-0.2, 0) is 4.79 Å². The summed E-state index contributed by atoms with van der Waals surface area (Å²) in [6, 6.07) is -0.911. The van der Waals surface area contributed by atoms with E-state index in [4.69, 9.17) is 10.8 Å². The SMILES string of the molecule is CC(C)C(C)(S)C(N)C(=O)O. The van der Waals surface area contributed by atoms with E-state index in [1.165, 1.54) is 0 Å². The monoisotopic (exact) mass is 177 g/mol. The van der Waals surface area contributed by atoms with E-state index in [1.54, 1.807) is 6.92 Å². The topological polar surface area (TPSA) is 63.3 Å². The molecule has 3 N–H and O–H groups in total. The molecule has 66 valence electrons. The quantitative estimate of drug-likeness (QED) is 0.557. The van der Waals surface area contributed by atoms with Crippen molar-refractivity contribution in [2.24, 2.45) is 11.7 Å². The summed E-state index contributed by atoms with van der Waals surface area (Å²) in [5.41, 5.74) is 5.42. The van der Waals surface area contributed by atoms with Crippen LogP contribution in [0.2, 0.25) is 0 Å². The molecular weight excluding hydrogens is 162 g/mol. The zero-order valence-electron chi connectivity index (χ0n) is 7.03. The standard InChI is InChI=1S/C7H15NO2S/c1-4(2)7(3,11)5(8)6(9)10/h4-5,11H,8H2,1-3H3,(H,9,10). The minimum Gasteiger partial charge on any atom is -0.480 e. The number of carboxylic acid groups (broad SMARTS) is 1. The Labute approximate surface area is 72.4 Å². The molecule has 3 nitrogen and oxygen atoms in total. The molecule has 0 aromatic heterocycles.